The number of benzene rings is 1. The number of rotatable bonds is 1. The molecule has 0 saturated carbocycles. The van der Waals surface area contributed by atoms with Crippen LogP contribution in [0.5, 0.6) is 0 Å². The van der Waals surface area contributed by atoms with Crippen LogP contribution in [0.15, 0.2) is 29.2 Å². The molecular formula is C6H5ClHgO3S. The molecule has 0 aliphatic rings. The van der Waals surface area contributed by atoms with Crippen LogP contribution in [0.3, 0.4) is 0 Å². The van der Waals surface area contributed by atoms with Gasteiger partial charge in [0.05, 0.1) is 4.90 Å². The second-order valence-corrected chi connectivity index (χ2v) is 3.79. The average molecular weight is 393 g/mol. The zero-order valence-corrected chi connectivity index (χ0v) is 13.1. The molecule has 0 spiro atoms. The summed E-state index contributed by atoms with van der Waals surface area (Å²) < 4.78 is 29.4. The van der Waals surface area contributed by atoms with Gasteiger partial charge < -0.3 is 0 Å². The van der Waals surface area contributed by atoms with Gasteiger partial charge in [-0.1, -0.05) is 11.6 Å². The molecule has 1 aromatic rings. The monoisotopic (exact) mass is 394 g/mol. The van der Waals surface area contributed by atoms with Gasteiger partial charge in [-0.2, -0.15) is 8.42 Å². The van der Waals surface area contributed by atoms with Gasteiger partial charge in [-0.25, -0.2) is 0 Å². The van der Waals surface area contributed by atoms with E-state index in [9.17, 15) is 8.42 Å². The van der Waals surface area contributed by atoms with Crippen LogP contribution in [-0.2, 0) is 37.8 Å². The van der Waals surface area contributed by atoms with Crippen molar-refractivity contribution in [1.29, 1.82) is 0 Å². The summed E-state index contributed by atoms with van der Waals surface area (Å²) in [7, 11) is -4.08. The van der Waals surface area contributed by atoms with E-state index in [1.54, 1.807) is 0 Å². The van der Waals surface area contributed by atoms with Gasteiger partial charge in [-0.3, -0.25) is 4.55 Å². The van der Waals surface area contributed by atoms with Crippen molar-refractivity contribution in [3.63, 3.8) is 0 Å². The van der Waals surface area contributed by atoms with Crippen molar-refractivity contribution in [2.75, 3.05) is 0 Å². The molecule has 0 bridgehead atoms. The molecule has 12 heavy (non-hydrogen) atoms. The second-order valence-electron chi connectivity index (χ2n) is 1.93. The Morgan fingerprint density at radius 3 is 1.92 bits per heavy atom. The third-order valence-corrected chi connectivity index (χ3v) is 2.23. The molecule has 0 amide bonds. The van der Waals surface area contributed by atoms with Crippen LogP contribution in [0.1, 0.15) is 0 Å². The fourth-order valence-corrected chi connectivity index (χ4v) is 1.21. The maximum atomic E-state index is 10.5. The van der Waals surface area contributed by atoms with Gasteiger partial charge in [-0.15, -0.1) is 0 Å². The molecule has 0 aromatic heterocycles. The Kier molecular flexibility index (Phi) is 4.69. The third-order valence-electron chi connectivity index (χ3n) is 1.11. The molecule has 0 atom stereocenters. The average Bonchev–Trinajstić information content (AvgIpc) is 1.86. The molecule has 0 aliphatic carbocycles. The normalized spacial score (nSPS) is 10.5. The number of hydrogen-bond acceptors (Lipinski definition) is 2. The molecule has 1 N–H and O–H groups in total. The molecule has 0 heterocycles. The van der Waals surface area contributed by atoms with Crippen LogP contribution in [-0.4, -0.2) is 13.0 Å². The van der Waals surface area contributed by atoms with Crippen molar-refractivity contribution >= 4 is 21.7 Å². The summed E-state index contributed by atoms with van der Waals surface area (Å²) >= 11 is 5.49. The van der Waals surface area contributed by atoms with Crippen molar-refractivity contribution in [3.05, 3.63) is 29.3 Å². The van der Waals surface area contributed by atoms with Crippen LogP contribution < -0.4 is 0 Å². The number of hydrogen-bond donors (Lipinski definition) is 1. The summed E-state index contributed by atoms with van der Waals surface area (Å²) in [5.41, 5.74) is 0. The largest absolute Gasteiger partial charge is 0.294 e. The summed E-state index contributed by atoms with van der Waals surface area (Å²) in [5, 5.41) is 0.428. The minimum absolute atomic E-state index is 0. The van der Waals surface area contributed by atoms with Gasteiger partial charge >= 0.3 is 0 Å². The quantitative estimate of drug-likeness (QED) is 0.583. The summed E-state index contributed by atoms with van der Waals surface area (Å²) in [6.45, 7) is 0. The standard InChI is InChI=1S/C6H5ClO3S.Hg/c7-5-1-3-6(4-2-5)11(8,9)10;/h1-4H,(H,8,9,10);. The van der Waals surface area contributed by atoms with E-state index in [0.717, 1.165) is 0 Å². The summed E-state index contributed by atoms with van der Waals surface area (Å²) in [6.07, 6.45) is 0. The minimum Gasteiger partial charge on any atom is -0.282 e. The van der Waals surface area contributed by atoms with Gasteiger partial charge in [0.15, 0.2) is 0 Å². The van der Waals surface area contributed by atoms with Gasteiger partial charge in [-0.05, 0) is 24.3 Å². The van der Waals surface area contributed by atoms with E-state index in [0.29, 0.717) is 5.02 Å². The first-order valence-electron chi connectivity index (χ1n) is 2.73. The topological polar surface area (TPSA) is 54.4 Å². The summed E-state index contributed by atoms with van der Waals surface area (Å²) in [5.74, 6) is 0. The zero-order chi connectivity index (χ0) is 8.48. The van der Waals surface area contributed by atoms with Gasteiger partial charge in [0.25, 0.3) is 10.1 Å². The molecule has 1 rings (SSSR count). The first-order chi connectivity index (χ1) is 5.00. The molecular weight excluding hydrogens is 388 g/mol. The number of halogens is 1. The van der Waals surface area contributed by atoms with E-state index in [1.165, 1.54) is 24.3 Å². The van der Waals surface area contributed by atoms with E-state index in [4.69, 9.17) is 16.2 Å². The first kappa shape index (κ1) is 12.4. The second kappa shape index (κ2) is 4.55. The Bertz CT molecular complexity index is 346. The van der Waals surface area contributed by atoms with Crippen LogP contribution >= 0.6 is 11.6 Å². The van der Waals surface area contributed by atoms with Crippen LogP contribution in [0.25, 0.3) is 0 Å². The van der Waals surface area contributed by atoms with Crippen LogP contribution in [0, 0.1) is 0 Å². The molecule has 6 heteroatoms. The minimum atomic E-state index is -4.08. The molecule has 1 aromatic carbocycles. The maximum absolute atomic E-state index is 10.5. The van der Waals surface area contributed by atoms with Crippen molar-refractivity contribution in [3.8, 4) is 0 Å². The van der Waals surface area contributed by atoms with E-state index in [1.807, 2.05) is 0 Å². The maximum Gasteiger partial charge on any atom is 0.294 e. The third kappa shape index (κ3) is 3.39. The smallest absolute Gasteiger partial charge is 0.282 e. The Hall–Kier alpha value is 0.355. The van der Waals surface area contributed by atoms with Gasteiger partial charge in [0, 0.05) is 32.7 Å². The molecule has 0 saturated heterocycles. The predicted molar refractivity (Wildman–Crippen MR) is 41.3 cm³/mol. The fourth-order valence-electron chi connectivity index (χ4n) is 0.607. The summed E-state index contributed by atoms with van der Waals surface area (Å²) in [6, 6.07) is 5.25. The van der Waals surface area contributed by atoms with Crippen molar-refractivity contribution < 1.29 is 40.6 Å². The van der Waals surface area contributed by atoms with E-state index in [2.05, 4.69) is 0 Å². The molecule has 62 valence electrons. The Balaban J connectivity index is 0.00000121. The van der Waals surface area contributed by atoms with Gasteiger partial charge in [0.1, 0.15) is 0 Å². The Morgan fingerprint density at radius 1 is 1.17 bits per heavy atom. The van der Waals surface area contributed by atoms with Gasteiger partial charge in [0.2, 0.25) is 0 Å². The Morgan fingerprint density at radius 2 is 1.58 bits per heavy atom. The Labute approximate surface area is 96.0 Å². The first-order valence-corrected chi connectivity index (χ1v) is 4.55. The van der Waals surface area contributed by atoms with E-state index < -0.39 is 10.1 Å². The van der Waals surface area contributed by atoms with E-state index in [-0.39, 0.29) is 32.6 Å². The van der Waals surface area contributed by atoms with Crippen molar-refractivity contribution in [1.82, 2.24) is 0 Å². The summed E-state index contributed by atoms with van der Waals surface area (Å²) in [4.78, 5) is -0.151. The SMILES string of the molecule is O=S(=O)(O)c1ccc(Cl)cc1.[Hg]. The molecule has 0 fully saturated rings. The zero-order valence-electron chi connectivity index (χ0n) is 6.07. The van der Waals surface area contributed by atoms with Crippen molar-refractivity contribution in [2.45, 2.75) is 4.90 Å². The van der Waals surface area contributed by atoms with Crippen molar-refractivity contribution in [2.24, 2.45) is 0 Å². The molecule has 0 aliphatic heterocycles. The molecule has 3 nitrogen and oxygen atoms in total. The fraction of sp³-hybridized carbons (Fsp3) is 0. The van der Waals surface area contributed by atoms with Crippen LogP contribution in [0.4, 0.5) is 0 Å². The van der Waals surface area contributed by atoms with Crippen LogP contribution in [0.2, 0.25) is 5.02 Å². The molecule has 0 unspecified atom stereocenters. The predicted octanol–water partition coefficient (Wildman–Crippen LogP) is 1.58. The molecule has 0 radical (unpaired) electrons. The van der Waals surface area contributed by atoms with E-state index >= 15 is 0 Å².